The molecule has 2 saturated heterocycles. The zero-order valence-corrected chi connectivity index (χ0v) is 16.4. The number of likely N-dealkylation sites (tertiary alicyclic amines) is 1. The Kier molecular flexibility index (Phi) is 3.94. The van der Waals surface area contributed by atoms with E-state index in [2.05, 4.69) is 4.98 Å². The molecule has 1 saturated carbocycles. The van der Waals surface area contributed by atoms with Crippen molar-refractivity contribution in [2.45, 2.75) is 19.0 Å². The Hall–Kier alpha value is -2.43. The number of carboxylic acids is 1. The summed E-state index contributed by atoms with van der Waals surface area (Å²) in [6, 6.07) is 2.62. The number of aliphatic carboxylic acids is 1. The lowest BCUT2D eigenvalue weighted by Gasteiger charge is -2.51. The largest absolute Gasteiger partial charge is 0.481 e. The number of nitrogens with zero attached hydrogens (tertiary/aromatic N) is 3. The Morgan fingerprint density at radius 1 is 1.20 bits per heavy atom. The molecule has 2 aliphatic heterocycles. The number of benzene rings is 1. The lowest BCUT2D eigenvalue weighted by atomic mass is 9.71. The first kappa shape index (κ1) is 19.5. The van der Waals surface area contributed by atoms with Gasteiger partial charge in [0.2, 0.25) is 5.91 Å². The fraction of sp³-hybridized carbons (Fsp3) is 0.526. The fourth-order valence-corrected chi connectivity index (χ4v) is 5.68. The molecule has 1 aromatic carbocycles. The molecule has 11 heteroatoms. The third-order valence-electron chi connectivity index (χ3n) is 6.66. The average Bonchev–Trinajstić information content (AvgIpc) is 3.16. The van der Waals surface area contributed by atoms with Gasteiger partial charge in [-0.3, -0.25) is 9.59 Å². The zero-order chi connectivity index (χ0) is 21.5. The molecule has 5 rings (SSSR count). The highest BCUT2D eigenvalue weighted by molar-refractivity contribution is 7.17. The van der Waals surface area contributed by atoms with Gasteiger partial charge in [0, 0.05) is 37.7 Å². The van der Waals surface area contributed by atoms with Gasteiger partial charge in [0.1, 0.15) is 11.2 Å². The molecule has 1 unspecified atom stereocenters. The molecule has 1 atom stereocenters. The minimum absolute atomic E-state index is 0.0434. The number of alkyl halides is 3. The van der Waals surface area contributed by atoms with E-state index >= 15 is 0 Å². The van der Waals surface area contributed by atoms with Crippen LogP contribution in [0.25, 0.3) is 10.2 Å². The van der Waals surface area contributed by atoms with Gasteiger partial charge in [0.15, 0.2) is 0 Å². The Morgan fingerprint density at radius 3 is 2.50 bits per heavy atom. The zero-order valence-electron chi connectivity index (χ0n) is 15.6. The topological polar surface area (TPSA) is 73.7 Å². The Bertz CT molecular complexity index is 1060. The number of hydrogen-bond acceptors (Lipinski definition) is 5. The van der Waals surface area contributed by atoms with E-state index in [0.29, 0.717) is 11.2 Å². The summed E-state index contributed by atoms with van der Waals surface area (Å²) in [5.41, 5.74) is -0.594. The van der Waals surface area contributed by atoms with Crippen molar-refractivity contribution in [1.82, 2.24) is 9.88 Å². The predicted molar refractivity (Wildman–Crippen MR) is 99.7 cm³/mol. The van der Waals surface area contributed by atoms with Crippen molar-refractivity contribution in [3.63, 3.8) is 0 Å². The van der Waals surface area contributed by atoms with Crippen LogP contribution in [0.3, 0.4) is 0 Å². The molecular formula is C19H17F4N3O3S. The summed E-state index contributed by atoms with van der Waals surface area (Å²) in [6.45, 7) is 0.234. The van der Waals surface area contributed by atoms with Crippen LogP contribution in [0.4, 0.5) is 23.2 Å². The molecule has 160 valence electrons. The first-order chi connectivity index (χ1) is 14.1. The van der Waals surface area contributed by atoms with E-state index in [1.54, 1.807) is 10.4 Å². The van der Waals surface area contributed by atoms with E-state index in [0.717, 1.165) is 9.60 Å². The first-order valence-corrected chi connectivity index (χ1v) is 10.3. The van der Waals surface area contributed by atoms with Gasteiger partial charge in [-0.05, 0) is 18.9 Å². The van der Waals surface area contributed by atoms with Crippen LogP contribution in [0, 0.1) is 22.6 Å². The van der Waals surface area contributed by atoms with Gasteiger partial charge < -0.3 is 14.9 Å². The van der Waals surface area contributed by atoms with Crippen LogP contribution in [0.15, 0.2) is 17.6 Å². The van der Waals surface area contributed by atoms with E-state index in [9.17, 15) is 32.3 Å². The number of rotatable bonds is 3. The Labute approximate surface area is 172 Å². The van der Waals surface area contributed by atoms with Crippen molar-refractivity contribution >= 4 is 39.1 Å². The molecule has 1 amide bonds. The number of thiazole rings is 1. The van der Waals surface area contributed by atoms with Crippen LogP contribution in [0.2, 0.25) is 0 Å². The summed E-state index contributed by atoms with van der Waals surface area (Å²) in [7, 11) is 0. The number of amides is 1. The van der Waals surface area contributed by atoms with E-state index in [-0.39, 0.29) is 39.0 Å². The molecule has 2 aromatic rings. The maximum Gasteiger partial charge on any atom is 0.403 e. The minimum Gasteiger partial charge on any atom is -0.481 e. The second-order valence-electron chi connectivity index (χ2n) is 8.50. The van der Waals surface area contributed by atoms with Crippen LogP contribution in [0.1, 0.15) is 12.8 Å². The normalized spacial score (nSPS) is 24.3. The second kappa shape index (κ2) is 6.05. The number of fused-ring (bicyclic) bond motifs is 1. The monoisotopic (exact) mass is 443 g/mol. The summed E-state index contributed by atoms with van der Waals surface area (Å²) in [5, 5.41) is 9.74. The number of hydrogen-bond donors (Lipinski definition) is 1. The highest BCUT2D eigenvalue weighted by Gasteiger charge is 2.71. The molecule has 6 nitrogen and oxygen atoms in total. The van der Waals surface area contributed by atoms with E-state index < -0.39 is 40.6 Å². The van der Waals surface area contributed by atoms with Crippen LogP contribution in [-0.2, 0) is 9.59 Å². The van der Waals surface area contributed by atoms with E-state index in [1.807, 2.05) is 0 Å². The molecule has 3 fully saturated rings. The summed E-state index contributed by atoms with van der Waals surface area (Å²) in [4.78, 5) is 31.4. The molecule has 1 aromatic heterocycles. The third kappa shape index (κ3) is 2.63. The lowest BCUT2D eigenvalue weighted by molar-refractivity contribution is -0.206. The smallest absolute Gasteiger partial charge is 0.403 e. The van der Waals surface area contributed by atoms with Crippen molar-refractivity contribution in [2.75, 3.05) is 31.1 Å². The van der Waals surface area contributed by atoms with E-state index in [1.165, 1.54) is 23.5 Å². The quantitative estimate of drug-likeness (QED) is 0.738. The van der Waals surface area contributed by atoms with Gasteiger partial charge in [0.05, 0.1) is 27.3 Å². The molecule has 1 N–H and O–H groups in total. The first-order valence-electron chi connectivity index (χ1n) is 9.43. The molecule has 30 heavy (non-hydrogen) atoms. The van der Waals surface area contributed by atoms with Crippen molar-refractivity contribution in [3.8, 4) is 0 Å². The maximum atomic E-state index is 14.1. The molecule has 0 radical (unpaired) electrons. The number of carboxylic acid groups (broad SMARTS) is 1. The fourth-order valence-electron chi connectivity index (χ4n) is 4.87. The predicted octanol–water partition coefficient (Wildman–Crippen LogP) is 3.13. The Morgan fingerprint density at radius 2 is 1.90 bits per heavy atom. The van der Waals surface area contributed by atoms with Gasteiger partial charge in [0.25, 0.3) is 0 Å². The number of anilines is 1. The third-order valence-corrected chi connectivity index (χ3v) is 7.53. The van der Waals surface area contributed by atoms with Crippen LogP contribution < -0.4 is 4.90 Å². The number of carbonyl (C=O) groups excluding carboxylic acids is 1. The number of carbonyl (C=O) groups is 2. The Balaban J connectivity index is 1.41. The highest BCUT2D eigenvalue weighted by atomic mass is 32.1. The minimum atomic E-state index is -4.60. The lowest BCUT2D eigenvalue weighted by Crippen LogP contribution is -2.65. The molecule has 3 aliphatic rings. The van der Waals surface area contributed by atoms with Crippen molar-refractivity contribution in [1.29, 1.82) is 0 Å². The highest BCUT2D eigenvalue weighted by Crippen LogP contribution is 2.60. The molecule has 1 aliphatic carbocycles. The number of aromatic nitrogens is 1. The molecule has 0 bridgehead atoms. The van der Waals surface area contributed by atoms with Crippen molar-refractivity contribution in [3.05, 3.63) is 23.5 Å². The molecule has 3 heterocycles. The van der Waals surface area contributed by atoms with Crippen LogP contribution in [0.5, 0.6) is 0 Å². The average molecular weight is 443 g/mol. The second-order valence-corrected chi connectivity index (χ2v) is 9.36. The van der Waals surface area contributed by atoms with Gasteiger partial charge in [-0.25, -0.2) is 9.37 Å². The van der Waals surface area contributed by atoms with Crippen LogP contribution >= 0.6 is 11.3 Å². The standard InChI is InChI=1S/C19H17F4N3O3S/c20-10-3-12-14(30-9-24-12)13(4-10)25-5-11(15(27)28)17(6-25)7-26(8-17)16(29)18(1-2-18)19(21,22)23/h3-4,9,11H,1-2,5-8H2,(H,27,28). The summed E-state index contributed by atoms with van der Waals surface area (Å²) in [6.07, 6.45) is -5.04. The SMILES string of the molecule is O=C(O)C1CN(c2cc(F)cc3ncsc23)CC12CN(C(=O)C1(C(F)(F)F)CC1)C2. The summed E-state index contributed by atoms with van der Waals surface area (Å²) in [5.74, 6) is -3.39. The van der Waals surface area contributed by atoms with Crippen LogP contribution in [-0.4, -0.2) is 59.2 Å². The van der Waals surface area contributed by atoms with Gasteiger partial charge in [-0.1, -0.05) is 0 Å². The van der Waals surface area contributed by atoms with E-state index in [4.69, 9.17) is 0 Å². The van der Waals surface area contributed by atoms with Crippen molar-refractivity contribution < 1.29 is 32.3 Å². The summed E-state index contributed by atoms with van der Waals surface area (Å²) >= 11 is 1.31. The van der Waals surface area contributed by atoms with Crippen molar-refractivity contribution in [2.24, 2.45) is 16.7 Å². The molecular weight excluding hydrogens is 426 g/mol. The maximum absolute atomic E-state index is 14.1. The summed E-state index contributed by atoms with van der Waals surface area (Å²) < 4.78 is 54.6. The van der Waals surface area contributed by atoms with Gasteiger partial charge >= 0.3 is 12.1 Å². The van der Waals surface area contributed by atoms with Gasteiger partial charge in [-0.15, -0.1) is 11.3 Å². The van der Waals surface area contributed by atoms with Gasteiger partial charge in [-0.2, -0.15) is 13.2 Å². The molecule has 1 spiro atoms. The number of halogens is 4.